The Hall–Kier alpha value is -2.44. The molecule has 0 aliphatic carbocycles. The van der Waals surface area contributed by atoms with Gasteiger partial charge in [-0.05, 0) is 30.7 Å². The highest BCUT2D eigenvalue weighted by molar-refractivity contribution is 5.94. The van der Waals surface area contributed by atoms with Crippen LogP contribution in [0.15, 0.2) is 24.3 Å². The fraction of sp³-hybridized carbons (Fsp3) is 0.471. The summed E-state index contributed by atoms with van der Waals surface area (Å²) in [5.74, 6) is -0.903. The van der Waals surface area contributed by atoms with E-state index in [1.165, 1.54) is 24.3 Å². The number of amides is 3. The van der Waals surface area contributed by atoms with Crippen molar-refractivity contribution in [1.29, 1.82) is 0 Å². The van der Waals surface area contributed by atoms with Crippen LogP contribution >= 0.6 is 0 Å². The molecule has 1 heterocycles. The summed E-state index contributed by atoms with van der Waals surface area (Å²) in [4.78, 5) is 37.2. The first-order valence-electron chi connectivity index (χ1n) is 8.10. The van der Waals surface area contributed by atoms with Crippen LogP contribution in [0.3, 0.4) is 0 Å². The van der Waals surface area contributed by atoms with Gasteiger partial charge in [0.05, 0.1) is 6.04 Å². The van der Waals surface area contributed by atoms with E-state index < -0.39 is 5.82 Å². The van der Waals surface area contributed by atoms with Crippen molar-refractivity contribution in [2.24, 2.45) is 0 Å². The van der Waals surface area contributed by atoms with Crippen molar-refractivity contribution < 1.29 is 18.8 Å². The second-order valence-corrected chi connectivity index (χ2v) is 5.82. The summed E-state index contributed by atoms with van der Waals surface area (Å²) in [6.45, 7) is 3.43. The van der Waals surface area contributed by atoms with Crippen molar-refractivity contribution in [2.45, 2.75) is 32.2 Å². The van der Waals surface area contributed by atoms with E-state index in [0.717, 1.165) is 6.42 Å². The summed E-state index contributed by atoms with van der Waals surface area (Å²) in [7, 11) is 0. The van der Waals surface area contributed by atoms with Gasteiger partial charge in [-0.15, -0.1) is 0 Å². The Morgan fingerprint density at radius 1 is 1.29 bits per heavy atom. The van der Waals surface area contributed by atoms with Gasteiger partial charge in [0.2, 0.25) is 11.8 Å². The molecular weight excluding hydrogens is 313 g/mol. The van der Waals surface area contributed by atoms with Crippen molar-refractivity contribution in [3.8, 4) is 0 Å². The molecule has 1 atom stereocenters. The largest absolute Gasteiger partial charge is 0.352 e. The molecule has 1 aromatic rings. The molecule has 3 amide bonds. The van der Waals surface area contributed by atoms with Gasteiger partial charge in [-0.2, -0.15) is 0 Å². The van der Waals surface area contributed by atoms with E-state index in [-0.39, 0.29) is 36.7 Å². The summed E-state index contributed by atoms with van der Waals surface area (Å²) in [5.41, 5.74) is 0.341. The minimum atomic E-state index is -0.408. The van der Waals surface area contributed by atoms with Gasteiger partial charge in [0.25, 0.3) is 5.91 Å². The normalized spacial score (nSPS) is 17.0. The van der Waals surface area contributed by atoms with Crippen LogP contribution < -0.4 is 10.6 Å². The Morgan fingerprint density at radius 3 is 2.67 bits per heavy atom. The van der Waals surface area contributed by atoms with Gasteiger partial charge in [-0.3, -0.25) is 14.4 Å². The molecule has 1 fully saturated rings. The number of rotatable bonds is 7. The van der Waals surface area contributed by atoms with Crippen molar-refractivity contribution in [3.63, 3.8) is 0 Å². The van der Waals surface area contributed by atoms with Gasteiger partial charge in [-0.1, -0.05) is 6.92 Å². The summed E-state index contributed by atoms with van der Waals surface area (Å²) in [6, 6.07) is 5.03. The van der Waals surface area contributed by atoms with Crippen molar-refractivity contribution in [3.05, 3.63) is 35.6 Å². The number of hydrogen-bond acceptors (Lipinski definition) is 3. The first kappa shape index (κ1) is 17.9. The number of carbonyl (C=O) groups excluding carboxylic acids is 3. The van der Waals surface area contributed by atoms with Gasteiger partial charge < -0.3 is 15.5 Å². The van der Waals surface area contributed by atoms with Crippen molar-refractivity contribution in [2.75, 3.05) is 19.6 Å². The Bertz CT molecular complexity index is 604. The van der Waals surface area contributed by atoms with E-state index in [4.69, 9.17) is 0 Å². The SMILES string of the molecule is CCCN1CC(NC(=O)CCNC(=O)c2ccc(F)cc2)CC1=O. The molecule has 1 aliphatic rings. The predicted octanol–water partition coefficient (Wildman–Crippen LogP) is 1.07. The Labute approximate surface area is 140 Å². The fourth-order valence-corrected chi connectivity index (χ4v) is 2.65. The van der Waals surface area contributed by atoms with Crippen molar-refractivity contribution in [1.82, 2.24) is 15.5 Å². The Balaban J connectivity index is 1.69. The van der Waals surface area contributed by atoms with Crippen LogP contribution in [-0.4, -0.2) is 48.3 Å². The zero-order chi connectivity index (χ0) is 17.5. The first-order valence-corrected chi connectivity index (χ1v) is 8.10. The van der Waals surface area contributed by atoms with E-state index in [2.05, 4.69) is 10.6 Å². The number of carbonyl (C=O) groups is 3. The average molecular weight is 335 g/mol. The lowest BCUT2D eigenvalue weighted by Crippen LogP contribution is -2.39. The van der Waals surface area contributed by atoms with E-state index in [1.54, 1.807) is 4.90 Å². The molecule has 130 valence electrons. The Kier molecular flexibility index (Phi) is 6.28. The maximum absolute atomic E-state index is 12.8. The highest BCUT2D eigenvalue weighted by Gasteiger charge is 2.29. The zero-order valence-corrected chi connectivity index (χ0v) is 13.7. The van der Waals surface area contributed by atoms with Crippen LogP contribution in [0.2, 0.25) is 0 Å². The number of benzene rings is 1. The highest BCUT2D eigenvalue weighted by atomic mass is 19.1. The third-order valence-corrected chi connectivity index (χ3v) is 3.82. The van der Waals surface area contributed by atoms with Crippen LogP contribution in [0.4, 0.5) is 4.39 Å². The van der Waals surface area contributed by atoms with Crippen LogP contribution in [-0.2, 0) is 9.59 Å². The molecule has 1 saturated heterocycles. The van der Waals surface area contributed by atoms with Gasteiger partial charge in [0.1, 0.15) is 5.82 Å². The lowest BCUT2D eigenvalue weighted by Gasteiger charge is -2.16. The Morgan fingerprint density at radius 2 is 2.00 bits per heavy atom. The highest BCUT2D eigenvalue weighted by Crippen LogP contribution is 2.11. The monoisotopic (exact) mass is 335 g/mol. The second-order valence-electron chi connectivity index (χ2n) is 5.82. The minimum Gasteiger partial charge on any atom is -0.352 e. The number of halogens is 1. The van der Waals surface area contributed by atoms with E-state index >= 15 is 0 Å². The van der Waals surface area contributed by atoms with Gasteiger partial charge in [-0.25, -0.2) is 4.39 Å². The molecule has 1 unspecified atom stereocenters. The topological polar surface area (TPSA) is 78.5 Å². The smallest absolute Gasteiger partial charge is 0.251 e. The number of hydrogen-bond donors (Lipinski definition) is 2. The average Bonchev–Trinajstić information content (AvgIpc) is 2.87. The fourth-order valence-electron chi connectivity index (χ4n) is 2.65. The van der Waals surface area contributed by atoms with Crippen molar-refractivity contribution >= 4 is 17.7 Å². The third-order valence-electron chi connectivity index (χ3n) is 3.82. The van der Waals surface area contributed by atoms with Gasteiger partial charge >= 0.3 is 0 Å². The van der Waals surface area contributed by atoms with Gasteiger partial charge in [0, 0.05) is 38.0 Å². The number of nitrogens with zero attached hydrogens (tertiary/aromatic N) is 1. The second kappa shape index (κ2) is 8.42. The molecule has 0 spiro atoms. The zero-order valence-electron chi connectivity index (χ0n) is 13.7. The molecule has 1 aromatic carbocycles. The summed E-state index contributed by atoms with van der Waals surface area (Å²) in [5, 5.41) is 5.43. The first-order chi connectivity index (χ1) is 11.5. The van der Waals surface area contributed by atoms with Crippen LogP contribution in [0, 0.1) is 5.82 Å². The molecule has 0 saturated carbocycles. The molecule has 0 radical (unpaired) electrons. The summed E-state index contributed by atoms with van der Waals surface area (Å²) < 4.78 is 12.8. The quantitative estimate of drug-likeness (QED) is 0.782. The number of likely N-dealkylation sites (tertiary alicyclic amines) is 1. The predicted molar refractivity (Wildman–Crippen MR) is 86.8 cm³/mol. The minimum absolute atomic E-state index is 0.0618. The third kappa shape index (κ3) is 5.04. The molecule has 1 aliphatic heterocycles. The summed E-state index contributed by atoms with van der Waals surface area (Å²) in [6.07, 6.45) is 1.35. The van der Waals surface area contributed by atoms with E-state index in [0.29, 0.717) is 25.1 Å². The lowest BCUT2D eigenvalue weighted by atomic mass is 10.2. The van der Waals surface area contributed by atoms with Crippen LogP contribution in [0.1, 0.15) is 36.5 Å². The lowest BCUT2D eigenvalue weighted by molar-refractivity contribution is -0.127. The van der Waals surface area contributed by atoms with Crippen LogP contribution in [0.5, 0.6) is 0 Å². The van der Waals surface area contributed by atoms with Gasteiger partial charge in [0.15, 0.2) is 0 Å². The number of nitrogens with one attached hydrogen (secondary N) is 2. The molecule has 7 heteroatoms. The molecule has 2 rings (SSSR count). The molecule has 0 aromatic heterocycles. The maximum Gasteiger partial charge on any atom is 0.251 e. The summed E-state index contributed by atoms with van der Waals surface area (Å²) >= 11 is 0. The van der Waals surface area contributed by atoms with E-state index in [9.17, 15) is 18.8 Å². The maximum atomic E-state index is 12.8. The van der Waals surface area contributed by atoms with Crippen LogP contribution in [0.25, 0.3) is 0 Å². The molecule has 6 nitrogen and oxygen atoms in total. The molecule has 24 heavy (non-hydrogen) atoms. The standard InChI is InChI=1S/C17H22FN3O3/c1-2-9-21-11-14(10-16(21)23)20-15(22)7-8-19-17(24)12-3-5-13(18)6-4-12/h3-6,14H,2,7-11H2,1H3,(H,19,24)(H,20,22). The van der Waals surface area contributed by atoms with E-state index in [1.807, 2.05) is 6.92 Å². The molecule has 0 bridgehead atoms. The molecule has 2 N–H and O–H groups in total. The molecular formula is C17H22FN3O3.